The Morgan fingerprint density at radius 2 is 2.25 bits per heavy atom. The van der Waals surface area contributed by atoms with E-state index in [0.717, 1.165) is 19.6 Å². The van der Waals surface area contributed by atoms with Gasteiger partial charge in [-0.25, -0.2) is 0 Å². The van der Waals surface area contributed by atoms with Gasteiger partial charge in [-0.3, -0.25) is 4.90 Å². The number of hydrogen-bond acceptors (Lipinski definition) is 5. The van der Waals surface area contributed by atoms with Gasteiger partial charge in [-0.15, -0.1) is 0 Å². The van der Waals surface area contributed by atoms with Gasteiger partial charge in [0.05, 0.1) is 6.61 Å². The normalized spacial score (nSPS) is 20.2. The molecule has 0 unspecified atom stereocenters. The Balaban J connectivity index is 1.66. The van der Waals surface area contributed by atoms with Gasteiger partial charge in [-0.05, 0) is 12.5 Å². The molecule has 5 heteroatoms. The zero-order valence-electron chi connectivity index (χ0n) is 11.9. The van der Waals surface area contributed by atoms with E-state index in [-0.39, 0.29) is 6.10 Å². The summed E-state index contributed by atoms with van der Waals surface area (Å²) in [5.74, 6) is 1.23. The van der Waals surface area contributed by atoms with Crippen LogP contribution in [0.15, 0.2) is 28.8 Å². The largest absolute Gasteiger partial charge is 0.367 e. The summed E-state index contributed by atoms with van der Waals surface area (Å²) in [5.41, 5.74) is 2.62. The van der Waals surface area contributed by atoms with Crippen LogP contribution >= 0.6 is 0 Å². The highest BCUT2D eigenvalue weighted by Gasteiger charge is 2.25. The van der Waals surface area contributed by atoms with E-state index in [9.17, 15) is 0 Å². The van der Waals surface area contributed by atoms with Crippen molar-refractivity contribution >= 4 is 0 Å². The minimum absolute atomic E-state index is 0.0917. The summed E-state index contributed by atoms with van der Waals surface area (Å²) >= 11 is 0. The van der Waals surface area contributed by atoms with Gasteiger partial charge in [0, 0.05) is 26.6 Å². The lowest BCUT2D eigenvalue weighted by Crippen LogP contribution is -2.38. The Morgan fingerprint density at radius 1 is 1.35 bits per heavy atom. The molecule has 1 fully saturated rings. The quantitative estimate of drug-likeness (QED) is 0.858. The molecule has 20 heavy (non-hydrogen) atoms. The van der Waals surface area contributed by atoms with Crippen LogP contribution in [0.2, 0.25) is 0 Å². The number of rotatable bonds is 3. The topological polar surface area (TPSA) is 51.4 Å². The zero-order valence-corrected chi connectivity index (χ0v) is 11.9. The van der Waals surface area contributed by atoms with Crippen molar-refractivity contribution in [1.82, 2.24) is 15.0 Å². The Hall–Kier alpha value is -1.72. The van der Waals surface area contributed by atoms with E-state index in [4.69, 9.17) is 9.26 Å². The van der Waals surface area contributed by atoms with Crippen LogP contribution in [-0.4, -0.2) is 34.7 Å². The maximum absolute atomic E-state index is 5.74. The van der Waals surface area contributed by atoms with Gasteiger partial charge >= 0.3 is 0 Å². The fraction of sp³-hybridized carbons (Fsp3) is 0.467. The molecule has 0 saturated carbocycles. The van der Waals surface area contributed by atoms with Crippen molar-refractivity contribution in [1.29, 1.82) is 0 Å². The lowest BCUT2D eigenvalue weighted by atomic mass is 10.1. The Kier molecular flexibility index (Phi) is 3.80. The zero-order chi connectivity index (χ0) is 13.9. The van der Waals surface area contributed by atoms with E-state index < -0.39 is 0 Å². The van der Waals surface area contributed by atoms with Crippen LogP contribution in [0.3, 0.4) is 0 Å². The van der Waals surface area contributed by atoms with Gasteiger partial charge in [-0.1, -0.05) is 35.0 Å². The van der Waals surface area contributed by atoms with Crippen LogP contribution in [-0.2, 0) is 11.3 Å². The molecule has 0 bridgehead atoms. The lowest BCUT2D eigenvalue weighted by molar-refractivity contribution is -0.0380. The predicted octanol–water partition coefficient (Wildman–Crippen LogP) is 2.26. The summed E-state index contributed by atoms with van der Waals surface area (Å²) < 4.78 is 10.8. The molecule has 1 aromatic carbocycles. The van der Waals surface area contributed by atoms with Gasteiger partial charge in [0.15, 0.2) is 0 Å². The molecule has 2 aromatic rings. The number of benzene rings is 1. The molecule has 0 N–H and O–H groups in total. The molecule has 5 nitrogen and oxygen atoms in total. The van der Waals surface area contributed by atoms with Crippen LogP contribution in [0.5, 0.6) is 0 Å². The first-order valence-electron chi connectivity index (χ1n) is 6.90. The van der Waals surface area contributed by atoms with Gasteiger partial charge in [0.25, 0.3) is 0 Å². The Morgan fingerprint density at radius 3 is 3.00 bits per heavy atom. The van der Waals surface area contributed by atoms with Gasteiger partial charge in [-0.2, -0.15) is 4.98 Å². The molecule has 0 radical (unpaired) electrons. The first-order chi connectivity index (χ1) is 9.70. The van der Waals surface area contributed by atoms with Crippen LogP contribution in [0.25, 0.3) is 0 Å². The summed E-state index contributed by atoms with van der Waals surface area (Å²) in [6, 6.07) is 8.61. The molecule has 2 heterocycles. The maximum atomic E-state index is 5.74. The van der Waals surface area contributed by atoms with E-state index in [2.05, 4.69) is 46.2 Å². The van der Waals surface area contributed by atoms with E-state index in [1.807, 2.05) is 0 Å². The smallest absolute Gasteiger partial charge is 0.223 e. The van der Waals surface area contributed by atoms with Crippen LogP contribution in [0.4, 0.5) is 0 Å². The molecule has 1 aliphatic heterocycles. The molecule has 1 saturated heterocycles. The highest BCUT2D eigenvalue weighted by Crippen LogP contribution is 2.21. The van der Waals surface area contributed by atoms with E-state index in [1.165, 1.54) is 11.1 Å². The number of nitrogens with zero attached hydrogens (tertiary/aromatic N) is 3. The molecular formula is C15H19N3O2. The standard InChI is InChI=1S/C15H19N3O2/c1-11-4-3-5-13(8-11)9-18-6-7-19-14(10-18)15-16-12(2)20-17-15/h3-5,8,14H,6-7,9-10H2,1-2H3/t14-/m0/s1. The van der Waals surface area contributed by atoms with E-state index >= 15 is 0 Å². The van der Waals surface area contributed by atoms with Crippen molar-refractivity contribution < 1.29 is 9.26 Å². The second-order valence-corrected chi connectivity index (χ2v) is 5.26. The van der Waals surface area contributed by atoms with Crippen molar-refractivity contribution in [3.8, 4) is 0 Å². The maximum Gasteiger partial charge on any atom is 0.223 e. The molecule has 3 rings (SSSR count). The minimum Gasteiger partial charge on any atom is -0.367 e. The summed E-state index contributed by atoms with van der Waals surface area (Å²) in [7, 11) is 0. The molecular weight excluding hydrogens is 254 g/mol. The SMILES string of the molecule is Cc1cccc(CN2CCO[C@H](c3noc(C)n3)C2)c1. The average Bonchev–Trinajstić information content (AvgIpc) is 2.86. The first kappa shape index (κ1) is 13.3. The average molecular weight is 273 g/mol. The van der Waals surface area contributed by atoms with Gasteiger partial charge in [0.1, 0.15) is 6.10 Å². The van der Waals surface area contributed by atoms with Crippen molar-refractivity contribution in [3.63, 3.8) is 0 Å². The highest BCUT2D eigenvalue weighted by molar-refractivity contribution is 5.22. The highest BCUT2D eigenvalue weighted by atomic mass is 16.5. The number of ether oxygens (including phenoxy) is 1. The summed E-state index contributed by atoms with van der Waals surface area (Å²) in [4.78, 5) is 6.63. The van der Waals surface area contributed by atoms with Crippen LogP contribution in [0.1, 0.15) is 28.9 Å². The minimum atomic E-state index is -0.0917. The Labute approximate surface area is 118 Å². The van der Waals surface area contributed by atoms with Crippen molar-refractivity contribution in [2.75, 3.05) is 19.7 Å². The fourth-order valence-corrected chi connectivity index (χ4v) is 2.52. The third kappa shape index (κ3) is 3.05. The third-order valence-electron chi connectivity index (χ3n) is 3.47. The first-order valence-corrected chi connectivity index (χ1v) is 6.90. The number of morpholine rings is 1. The summed E-state index contributed by atoms with van der Waals surface area (Å²) in [6.45, 7) is 7.27. The molecule has 1 aromatic heterocycles. The third-order valence-corrected chi connectivity index (χ3v) is 3.47. The Bertz CT molecular complexity index is 582. The summed E-state index contributed by atoms with van der Waals surface area (Å²) in [6.07, 6.45) is -0.0917. The molecule has 106 valence electrons. The van der Waals surface area contributed by atoms with E-state index in [0.29, 0.717) is 18.3 Å². The molecule has 0 amide bonds. The predicted molar refractivity (Wildman–Crippen MR) is 74.2 cm³/mol. The van der Waals surface area contributed by atoms with Crippen molar-refractivity contribution in [3.05, 3.63) is 47.1 Å². The molecule has 1 aliphatic rings. The van der Waals surface area contributed by atoms with Crippen LogP contribution < -0.4 is 0 Å². The second-order valence-electron chi connectivity index (χ2n) is 5.26. The number of hydrogen-bond donors (Lipinski definition) is 0. The molecule has 0 spiro atoms. The van der Waals surface area contributed by atoms with Crippen molar-refractivity contribution in [2.45, 2.75) is 26.5 Å². The lowest BCUT2D eigenvalue weighted by Gasteiger charge is -2.31. The van der Waals surface area contributed by atoms with Crippen molar-refractivity contribution in [2.24, 2.45) is 0 Å². The molecule has 1 atom stereocenters. The monoisotopic (exact) mass is 273 g/mol. The number of aromatic nitrogens is 2. The molecule has 0 aliphatic carbocycles. The second kappa shape index (κ2) is 5.73. The summed E-state index contributed by atoms with van der Waals surface area (Å²) in [5, 5.41) is 3.96. The van der Waals surface area contributed by atoms with Crippen LogP contribution in [0, 0.1) is 13.8 Å². The van der Waals surface area contributed by atoms with Gasteiger partial charge in [0.2, 0.25) is 11.7 Å². The van der Waals surface area contributed by atoms with E-state index in [1.54, 1.807) is 6.92 Å². The fourth-order valence-electron chi connectivity index (χ4n) is 2.52. The van der Waals surface area contributed by atoms with Gasteiger partial charge < -0.3 is 9.26 Å². The number of aryl methyl sites for hydroxylation is 2.